The normalized spacial score (nSPS) is 10.5. The van der Waals surface area contributed by atoms with Gasteiger partial charge in [0.2, 0.25) is 0 Å². The van der Waals surface area contributed by atoms with Crippen LogP contribution in [0.15, 0.2) is 30.5 Å². The molecule has 2 aromatic rings. The number of H-pyrrole nitrogens is 1. The summed E-state index contributed by atoms with van der Waals surface area (Å²) in [7, 11) is 0. The van der Waals surface area contributed by atoms with Crippen molar-refractivity contribution in [3.63, 3.8) is 0 Å². The topological polar surface area (TPSA) is 15.8 Å². The molecule has 0 spiro atoms. The van der Waals surface area contributed by atoms with Gasteiger partial charge in [-0.15, -0.1) is 0 Å². The summed E-state index contributed by atoms with van der Waals surface area (Å²) in [4.78, 5) is 3.04. The Hall–Kier alpha value is -0.630. The number of hydrogen-bond donors (Lipinski definition) is 1. The fraction of sp³-hybridized carbons (Fsp3) is 0. The fourth-order valence-corrected chi connectivity index (χ4v) is 2.31. The van der Waals surface area contributed by atoms with E-state index in [0.717, 1.165) is 11.3 Å². The predicted molar refractivity (Wildman–Crippen MR) is 61.3 cm³/mol. The maximum atomic E-state index is 6.04. The maximum absolute atomic E-state index is 6.04. The number of aromatic amines is 1. The Kier molecular flexibility index (Phi) is 2.73. The highest BCUT2D eigenvalue weighted by molar-refractivity contribution is 6.41. The summed E-state index contributed by atoms with van der Waals surface area (Å²) in [6.45, 7) is 0. The van der Waals surface area contributed by atoms with Gasteiger partial charge in [0, 0.05) is 22.5 Å². The van der Waals surface area contributed by atoms with E-state index >= 15 is 0 Å². The summed E-state index contributed by atoms with van der Waals surface area (Å²) >= 11 is 17.9. The van der Waals surface area contributed by atoms with Crippen LogP contribution in [0.3, 0.4) is 0 Å². The van der Waals surface area contributed by atoms with Gasteiger partial charge in [0.15, 0.2) is 0 Å². The number of hydrogen-bond acceptors (Lipinski definition) is 0. The lowest BCUT2D eigenvalue weighted by atomic mass is 10.1. The highest BCUT2D eigenvalue weighted by Gasteiger charge is 2.10. The van der Waals surface area contributed by atoms with Crippen molar-refractivity contribution in [2.75, 3.05) is 0 Å². The van der Waals surface area contributed by atoms with E-state index in [4.69, 9.17) is 34.8 Å². The van der Waals surface area contributed by atoms with Crippen LogP contribution in [0.5, 0.6) is 0 Å². The molecule has 72 valence electrons. The first-order valence-electron chi connectivity index (χ1n) is 3.97. The van der Waals surface area contributed by atoms with E-state index in [9.17, 15) is 0 Å². The predicted octanol–water partition coefficient (Wildman–Crippen LogP) is 4.64. The molecule has 0 bridgehead atoms. The first-order valence-corrected chi connectivity index (χ1v) is 5.10. The Morgan fingerprint density at radius 3 is 2.14 bits per heavy atom. The summed E-state index contributed by atoms with van der Waals surface area (Å²) in [5, 5.41) is 1.63. The molecule has 0 unspecified atom stereocenters. The molecule has 1 heterocycles. The van der Waals surface area contributed by atoms with E-state index in [1.54, 1.807) is 12.1 Å². The molecular weight excluding hydrogens is 240 g/mol. The third kappa shape index (κ3) is 1.76. The van der Waals surface area contributed by atoms with Crippen molar-refractivity contribution in [2.24, 2.45) is 0 Å². The van der Waals surface area contributed by atoms with Crippen LogP contribution in [0.25, 0.3) is 11.3 Å². The van der Waals surface area contributed by atoms with Crippen molar-refractivity contribution >= 4 is 34.8 Å². The number of aromatic nitrogens is 1. The smallest absolute Gasteiger partial charge is 0.0529 e. The summed E-state index contributed by atoms with van der Waals surface area (Å²) in [6, 6.07) is 7.13. The molecule has 1 aromatic heterocycles. The van der Waals surface area contributed by atoms with Crippen LogP contribution in [0.1, 0.15) is 0 Å². The third-order valence-corrected chi connectivity index (χ3v) is 2.69. The summed E-state index contributed by atoms with van der Waals surface area (Å²) < 4.78 is 0. The molecule has 1 N–H and O–H groups in total. The molecule has 0 fully saturated rings. The van der Waals surface area contributed by atoms with Crippen molar-refractivity contribution < 1.29 is 0 Å². The zero-order valence-electron chi connectivity index (χ0n) is 7.02. The second-order valence-corrected chi connectivity index (χ2v) is 4.08. The standard InChI is InChI=1S/C10H6Cl3N/c11-6-4-7(12)10(8(13)5-6)9-2-1-3-14-9/h1-5,14H. The summed E-state index contributed by atoms with van der Waals surface area (Å²) in [6.07, 6.45) is 1.82. The van der Waals surface area contributed by atoms with E-state index in [2.05, 4.69) is 4.98 Å². The monoisotopic (exact) mass is 245 g/mol. The molecular formula is C10H6Cl3N. The van der Waals surface area contributed by atoms with Crippen LogP contribution in [-0.2, 0) is 0 Å². The average Bonchev–Trinajstić information content (AvgIpc) is 2.54. The van der Waals surface area contributed by atoms with Crippen LogP contribution in [0.2, 0.25) is 15.1 Å². The van der Waals surface area contributed by atoms with Crippen molar-refractivity contribution in [3.8, 4) is 11.3 Å². The van der Waals surface area contributed by atoms with Crippen molar-refractivity contribution in [2.45, 2.75) is 0 Å². The number of nitrogens with one attached hydrogen (secondary N) is 1. The van der Waals surface area contributed by atoms with Crippen LogP contribution < -0.4 is 0 Å². The van der Waals surface area contributed by atoms with Gasteiger partial charge in [0.25, 0.3) is 0 Å². The first kappa shape index (κ1) is 9.91. The van der Waals surface area contributed by atoms with Gasteiger partial charge in [-0.2, -0.15) is 0 Å². The molecule has 0 aliphatic rings. The highest BCUT2D eigenvalue weighted by atomic mass is 35.5. The summed E-state index contributed by atoms with van der Waals surface area (Å²) in [5.74, 6) is 0. The van der Waals surface area contributed by atoms with Gasteiger partial charge in [0.05, 0.1) is 10.0 Å². The molecule has 0 radical (unpaired) electrons. The van der Waals surface area contributed by atoms with Crippen LogP contribution >= 0.6 is 34.8 Å². The molecule has 0 aliphatic carbocycles. The van der Waals surface area contributed by atoms with Crippen LogP contribution in [0.4, 0.5) is 0 Å². The molecule has 1 nitrogen and oxygen atoms in total. The van der Waals surface area contributed by atoms with Gasteiger partial charge >= 0.3 is 0 Å². The Bertz CT molecular complexity index is 425. The third-order valence-electron chi connectivity index (χ3n) is 1.87. The molecule has 0 atom stereocenters. The molecule has 1 aromatic carbocycles. The fourth-order valence-electron chi connectivity index (χ4n) is 1.29. The molecule has 2 rings (SSSR count). The SMILES string of the molecule is Clc1cc(Cl)c(-c2ccc[nH]2)c(Cl)c1. The van der Waals surface area contributed by atoms with Crippen LogP contribution in [-0.4, -0.2) is 4.98 Å². The van der Waals surface area contributed by atoms with E-state index < -0.39 is 0 Å². The Balaban J connectivity index is 2.64. The molecule has 0 saturated heterocycles. The lowest BCUT2D eigenvalue weighted by molar-refractivity contribution is 1.40. The molecule has 0 saturated carbocycles. The van der Waals surface area contributed by atoms with Crippen molar-refractivity contribution in [3.05, 3.63) is 45.5 Å². The minimum atomic E-state index is 0.537. The Labute approximate surface area is 96.6 Å². The van der Waals surface area contributed by atoms with Crippen molar-refractivity contribution in [1.82, 2.24) is 4.98 Å². The molecule has 14 heavy (non-hydrogen) atoms. The van der Waals surface area contributed by atoms with Crippen LogP contribution in [0, 0.1) is 0 Å². The number of rotatable bonds is 1. The van der Waals surface area contributed by atoms with Gasteiger partial charge in [-0.3, -0.25) is 0 Å². The number of halogens is 3. The minimum absolute atomic E-state index is 0.537. The summed E-state index contributed by atoms with van der Waals surface area (Å²) in [5.41, 5.74) is 1.67. The van der Waals surface area contributed by atoms with Gasteiger partial charge in [-0.25, -0.2) is 0 Å². The highest BCUT2D eigenvalue weighted by Crippen LogP contribution is 2.36. The zero-order valence-corrected chi connectivity index (χ0v) is 9.29. The molecule has 4 heteroatoms. The minimum Gasteiger partial charge on any atom is -0.361 e. The zero-order chi connectivity index (χ0) is 10.1. The van der Waals surface area contributed by atoms with Gasteiger partial charge < -0.3 is 4.98 Å². The van der Waals surface area contributed by atoms with E-state index in [1.807, 2.05) is 18.3 Å². The van der Waals surface area contributed by atoms with Crippen molar-refractivity contribution in [1.29, 1.82) is 0 Å². The average molecular weight is 247 g/mol. The quantitative estimate of drug-likeness (QED) is 0.754. The largest absolute Gasteiger partial charge is 0.361 e. The Morgan fingerprint density at radius 2 is 1.64 bits per heavy atom. The molecule has 0 amide bonds. The van der Waals surface area contributed by atoms with Gasteiger partial charge in [-0.05, 0) is 24.3 Å². The van der Waals surface area contributed by atoms with Gasteiger partial charge in [-0.1, -0.05) is 34.8 Å². The van der Waals surface area contributed by atoms with E-state index in [1.165, 1.54) is 0 Å². The van der Waals surface area contributed by atoms with E-state index in [0.29, 0.717) is 15.1 Å². The molecule has 0 aliphatic heterocycles. The first-order chi connectivity index (χ1) is 6.68. The maximum Gasteiger partial charge on any atom is 0.0529 e. The van der Waals surface area contributed by atoms with Gasteiger partial charge in [0.1, 0.15) is 0 Å². The lowest BCUT2D eigenvalue weighted by Crippen LogP contribution is -1.81. The Morgan fingerprint density at radius 1 is 1.00 bits per heavy atom. The van der Waals surface area contributed by atoms with E-state index in [-0.39, 0.29) is 0 Å². The second kappa shape index (κ2) is 3.85. The second-order valence-electron chi connectivity index (χ2n) is 2.83. The lowest BCUT2D eigenvalue weighted by Gasteiger charge is -2.05. The number of benzene rings is 1.